The minimum Gasteiger partial charge on any atom is -0.481 e. The normalized spacial score (nSPS) is 13.0. The number of likely N-dealkylation sites (N-methyl/N-ethyl adjacent to an activating group) is 1. The highest BCUT2D eigenvalue weighted by Crippen LogP contribution is 2.24. The molecule has 2 aromatic rings. The number of non-ortho nitro benzene ring substituents is 1. The molecule has 0 spiro atoms. The van der Waals surface area contributed by atoms with Crippen LogP contribution in [0.3, 0.4) is 0 Å². The molecule has 0 aliphatic rings. The molecule has 132 valence electrons. The predicted molar refractivity (Wildman–Crippen MR) is 95.6 cm³/mol. The zero-order chi connectivity index (χ0) is 18.6. The summed E-state index contributed by atoms with van der Waals surface area (Å²) < 4.78 is 5.73. The van der Waals surface area contributed by atoms with Gasteiger partial charge < -0.3 is 9.64 Å². The van der Waals surface area contributed by atoms with E-state index in [9.17, 15) is 14.9 Å². The highest BCUT2D eigenvalue weighted by molar-refractivity contribution is 5.81. The van der Waals surface area contributed by atoms with Crippen molar-refractivity contribution >= 4 is 11.6 Å². The van der Waals surface area contributed by atoms with Crippen LogP contribution in [0.1, 0.15) is 31.0 Å². The highest BCUT2D eigenvalue weighted by Gasteiger charge is 2.24. The largest absolute Gasteiger partial charge is 0.481 e. The number of nitro groups is 1. The molecule has 0 aliphatic heterocycles. The van der Waals surface area contributed by atoms with Crippen LogP contribution in [0.5, 0.6) is 5.75 Å². The third kappa shape index (κ3) is 4.56. The molecule has 2 rings (SSSR count). The Morgan fingerprint density at radius 1 is 1.16 bits per heavy atom. The number of nitrogens with zero attached hydrogens (tertiary/aromatic N) is 2. The molecule has 0 heterocycles. The molecule has 6 heteroatoms. The number of aryl methyl sites for hydroxylation is 1. The third-order valence-corrected chi connectivity index (χ3v) is 4.14. The van der Waals surface area contributed by atoms with Crippen LogP contribution in [0.15, 0.2) is 48.5 Å². The van der Waals surface area contributed by atoms with Crippen molar-refractivity contribution in [3.05, 3.63) is 69.8 Å². The van der Waals surface area contributed by atoms with Crippen LogP contribution in [0.25, 0.3) is 0 Å². The van der Waals surface area contributed by atoms with Gasteiger partial charge in [0.25, 0.3) is 11.6 Å². The summed E-state index contributed by atoms with van der Waals surface area (Å²) in [4.78, 5) is 24.7. The monoisotopic (exact) mass is 342 g/mol. The minimum absolute atomic E-state index is 0.00857. The predicted octanol–water partition coefficient (Wildman–Crippen LogP) is 3.89. The summed E-state index contributed by atoms with van der Waals surface area (Å²) in [7, 11) is 1.67. The van der Waals surface area contributed by atoms with Gasteiger partial charge in [-0.1, -0.05) is 24.3 Å². The Kier molecular flexibility index (Phi) is 5.75. The lowest BCUT2D eigenvalue weighted by Gasteiger charge is -2.28. The Hall–Kier alpha value is -2.89. The van der Waals surface area contributed by atoms with Gasteiger partial charge in [0.2, 0.25) is 0 Å². The van der Waals surface area contributed by atoms with Gasteiger partial charge in [-0.2, -0.15) is 0 Å². The number of ether oxygens (including phenoxy) is 1. The van der Waals surface area contributed by atoms with Gasteiger partial charge >= 0.3 is 0 Å². The molecule has 0 aliphatic carbocycles. The topological polar surface area (TPSA) is 72.7 Å². The molecule has 2 unspecified atom stereocenters. The summed E-state index contributed by atoms with van der Waals surface area (Å²) in [6.45, 7) is 5.48. The number of rotatable bonds is 6. The molecule has 0 fully saturated rings. The lowest BCUT2D eigenvalue weighted by molar-refractivity contribution is -0.384. The lowest BCUT2D eigenvalue weighted by atomic mass is 10.1. The fraction of sp³-hybridized carbons (Fsp3) is 0.316. The summed E-state index contributed by atoms with van der Waals surface area (Å²) in [5, 5.41) is 10.9. The van der Waals surface area contributed by atoms with E-state index in [1.165, 1.54) is 12.1 Å². The van der Waals surface area contributed by atoms with E-state index in [0.29, 0.717) is 11.3 Å². The summed E-state index contributed by atoms with van der Waals surface area (Å²) in [6.07, 6.45) is -0.659. The first-order valence-corrected chi connectivity index (χ1v) is 8.04. The second-order valence-electron chi connectivity index (χ2n) is 6.05. The number of carbonyl (C=O) groups is 1. The Balaban J connectivity index is 2.10. The second-order valence-corrected chi connectivity index (χ2v) is 6.05. The first kappa shape index (κ1) is 18.4. The maximum absolute atomic E-state index is 12.6. The van der Waals surface area contributed by atoms with Gasteiger partial charge in [0.15, 0.2) is 6.10 Å². The van der Waals surface area contributed by atoms with E-state index < -0.39 is 11.0 Å². The van der Waals surface area contributed by atoms with Crippen molar-refractivity contribution in [3.63, 3.8) is 0 Å². The van der Waals surface area contributed by atoms with Gasteiger partial charge in [-0.15, -0.1) is 0 Å². The first-order valence-electron chi connectivity index (χ1n) is 8.04. The highest BCUT2D eigenvalue weighted by atomic mass is 16.6. The molecule has 0 aromatic heterocycles. The van der Waals surface area contributed by atoms with Crippen LogP contribution in [-0.4, -0.2) is 28.9 Å². The van der Waals surface area contributed by atoms with Gasteiger partial charge in [-0.3, -0.25) is 14.9 Å². The average molecular weight is 342 g/mol. The van der Waals surface area contributed by atoms with Crippen LogP contribution in [0.2, 0.25) is 0 Å². The van der Waals surface area contributed by atoms with Gasteiger partial charge in [0.1, 0.15) is 5.75 Å². The number of carbonyl (C=O) groups excluding carboxylic acids is 1. The number of hydrogen-bond donors (Lipinski definition) is 0. The molecule has 0 bridgehead atoms. The number of hydrogen-bond acceptors (Lipinski definition) is 4. The van der Waals surface area contributed by atoms with Crippen molar-refractivity contribution in [2.45, 2.75) is 32.9 Å². The first-order chi connectivity index (χ1) is 11.8. The molecule has 0 saturated heterocycles. The fourth-order valence-corrected chi connectivity index (χ4v) is 2.54. The summed E-state index contributed by atoms with van der Waals surface area (Å²) in [5.74, 6) is 0.442. The molecular formula is C19H22N2O4. The Labute approximate surface area is 147 Å². The molecule has 0 radical (unpaired) electrons. The van der Waals surface area contributed by atoms with Gasteiger partial charge in [0.05, 0.1) is 11.0 Å². The molecule has 1 amide bonds. The number of amides is 1. The fourth-order valence-electron chi connectivity index (χ4n) is 2.54. The van der Waals surface area contributed by atoms with E-state index in [1.54, 1.807) is 37.1 Å². The van der Waals surface area contributed by atoms with Crippen molar-refractivity contribution in [2.24, 2.45) is 0 Å². The molecule has 25 heavy (non-hydrogen) atoms. The van der Waals surface area contributed by atoms with Gasteiger partial charge in [0, 0.05) is 19.2 Å². The van der Waals surface area contributed by atoms with E-state index in [2.05, 4.69) is 0 Å². The zero-order valence-electron chi connectivity index (χ0n) is 14.8. The van der Waals surface area contributed by atoms with E-state index in [0.717, 1.165) is 5.56 Å². The molecule has 0 N–H and O–H groups in total. The van der Waals surface area contributed by atoms with E-state index in [1.807, 2.05) is 32.0 Å². The summed E-state index contributed by atoms with van der Waals surface area (Å²) in [6, 6.07) is 13.5. The maximum Gasteiger partial charge on any atom is 0.269 e. The Bertz CT molecular complexity index is 776. The van der Waals surface area contributed by atoms with Crippen molar-refractivity contribution < 1.29 is 14.5 Å². The van der Waals surface area contributed by atoms with E-state index in [4.69, 9.17) is 4.74 Å². The second kappa shape index (κ2) is 7.79. The van der Waals surface area contributed by atoms with Crippen molar-refractivity contribution in [1.82, 2.24) is 4.90 Å². The van der Waals surface area contributed by atoms with Crippen LogP contribution in [0, 0.1) is 17.0 Å². The molecule has 0 saturated carbocycles. The van der Waals surface area contributed by atoms with E-state index >= 15 is 0 Å². The molecular weight excluding hydrogens is 320 g/mol. The standard InChI is InChI=1S/C19H22N2O4/c1-13-7-5-10-18(11-13)25-15(3)19(22)20(4)14(2)16-8-6-9-17(12-16)21(23)24/h5-12,14-15H,1-4H3. The lowest BCUT2D eigenvalue weighted by Crippen LogP contribution is -2.39. The SMILES string of the molecule is Cc1cccc(OC(C)C(=O)N(C)C(C)c2cccc([N+](=O)[O-])c2)c1. The van der Waals surface area contributed by atoms with Gasteiger partial charge in [-0.25, -0.2) is 0 Å². The average Bonchev–Trinajstić information content (AvgIpc) is 2.59. The molecule has 2 atom stereocenters. The quantitative estimate of drug-likeness (QED) is 0.590. The summed E-state index contributed by atoms with van der Waals surface area (Å²) >= 11 is 0. The Morgan fingerprint density at radius 2 is 1.84 bits per heavy atom. The number of nitro benzene ring substituents is 1. The van der Waals surface area contributed by atoms with Crippen LogP contribution in [-0.2, 0) is 4.79 Å². The molecule has 2 aromatic carbocycles. The minimum atomic E-state index is -0.659. The number of benzene rings is 2. The summed E-state index contributed by atoms with van der Waals surface area (Å²) in [5.41, 5.74) is 1.76. The van der Waals surface area contributed by atoms with Gasteiger partial charge in [-0.05, 0) is 44.0 Å². The third-order valence-electron chi connectivity index (χ3n) is 4.14. The van der Waals surface area contributed by atoms with Crippen molar-refractivity contribution in [3.8, 4) is 5.75 Å². The van der Waals surface area contributed by atoms with Crippen LogP contribution in [0.4, 0.5) is 5.69 Å². The Morgan fingerprint density at radius 3 is 2.48 bits per heavy atom. The molecule has 6 nitrogen and oxygen atoms in total. The van der Waals surface area contributed by atoms with Crippen LogP contribution >= 0.6 is 0 Å². The van der Waals surface area contributed by atoms with Crippen molar-refractivity contribution in [2.75, 3.05) is 7.05 Å². The van der Waals surface area contributed by atoms with Crippen molar-refractivity contribution in [1.29, 1.82) is 0 Å². The maximum atomic E-state index is 12.6. The van der Waals surface area contributed by atoms with Crippen LogP contribution < -0.4 is 4.74 Å². The zero-order valence-corrected chi connectivity index (χ0v) is 14.8. The smallest absolute Gasteiger partial charge is 0.269 e. The van der Waals surface area contributed by atoms with E-state index in [-0.39, 0.29) is 17.6 Å².